The van der Waals surface area contributed by atoms with Gasteiger partial charge in [-0.2, -0.15) is 0 Å². The molecule has 0 aromatic heterocycles. The summed E-state index contributed by atoms with van der Waals surface area (Å²) >= 11 is 11.6. The lowest BCUT2D eigenvalue weighted by molar-refractivity contribution is -0.133. The predicted octanol–water partition coefficient (Wildman–Crippen LogP) is 1.02. The van der Waals surface area contributed by atoms with Crippen molar-refractivity contribution in [1.82, 2.24) is 5.32 Å². The van der Waals surface area contributed by atoms with Crippen LogP contribution in [0.25, 0.3) is 0 Å². The standard InChI is InChI=1S/C13H12Cl2N2O3/c1-2-3-10(12(16)19)17-13(20)11(18)7-4-8(14)6-9(15)5-7/h1,4-6,10-11,18H,3H2,(H2,16,19)(H,17,20). The maximum atomic E-state index is 11.8. The number of rotatable bonds is 5. The van der Waals surface area contributed by atoms with Crippen LogP contribution < -0.4 is 11.1 Å². The van der Waals surface area contributed by atoms with Crippen molar-refractivity contribution in [2.75, 3.05) is 0 Å². The topological polar surface area (TPSA) is 92.4 Å². The lowest BCUT2D eigenvalue weighted by atomic mass is 10.1. The van der Waals surface area contributed by atoms with E-state index in [9.17, 15) is 14.7 Å². The summed E-state index contributed by atoms with van der Waals surface area (Å²) in [6.45, 7) is 0. The molecular weight excluding hydrogens is 303 g/mol. The Morgan fingerprint density at radius 3 is 2.35 bits per heavy atom. The highest BCUT2D eigenvalue weighted by Gasteiger charge is 2.23. The first kappa shape index (κ1) is 16.3. The van der Waals surface area contributed by atoms with E-state index in [1.807, 2.05) is 0 Å². The van der Waals surface area contributed by atoms with Crippen molar-refractivity contribution in [3.63, 3.8) is 0 Å². The van der Waals surface area contributed by atoms with E-state index in [4.69, 9.17) is 35.4 Å². The van der Waals surface area contributed by atoms with E-state index in [2.05, 4.69) is 11.2 Å². The molecule has 0 fully saturated rings. The lowest BCUT2D eigenvalue weighted by Gasteiger charge is -2.16. The molecule has 0 aliphatic carbocycles. The average molecular weight is 315 g/mol. The van der Waals surface area contributed by atoms with Crippen LogP contribution in [0.3, 0.4) is 0 Å². The summed E-state index contributed by atoms with van der Waals surface area (Å²) in [6.07, 6.45) is 3.46. The minimum absolute atomic E-state index is 0.0654. The van der Waals surface area contributed by atoms with Crippen LogP contribution in [0.4, 0.5) is 0 Å². The molecule has 5 nitrogen and oxygen atoms in total. The number of aliphatic hydroxyl groups excluding tert-OH is 1. The number of carbonyl (C=O) groups is 2. The Morgan fingerprint density at radius 2 is 1.90 bits per heavy atom. The van der Waals surface area contributed by atoms with E-state index in [0.717, 1.165) is 0 Å². The number of halogens is 2. The van der Waals surface area contributed by atoms with Crippen molar-refractivity contribution in [1.29, 1.82) is 0 Å². The fourth-order valence-electron chi connectivity index (χ4n) is 1.48. The Bertz CT molecular complexity index is 549. The molecule has 0 heterocycles. The number of nitrogens with one attached hydrogen (secondary N) is 1. The number of nitrogens with two attached hydrogens (primary N) is 1. The van der Waals surface area contributed by atoms with Gasteiger partial charge < -0.3 is 16.2 Å². The van der Waals surface area contributed by atoms with Crippen LogP contribution in [-0.2, 0) is 9.59 Å². The van der Waals surface area contributed by atoms with Gasteiger partial charge in [0.05, 0.1) is 0 Å². The highest BCUT2D eigenvalue weighted by atomic mass is 35.5. The van der Waals surface area contributed by atoms with Gasteiger partial charge in [-0.3, -0.25) is 9.59 Å². The molecule has 1 rings (SSSR count). The number of hydrogen-bond donors (Lipinski definition) is 3. The van der Waals surface area contributed by atoms with Crippen LogP contribution in [0, 0.1) is 12.3 Å². The largest absolute Gasteiger partial charge is 0.378 e. The average Bonchev–Trinajstić information content (AvgIpc) is 2.35. The van der Waals surface area contributed by atoms with Crippen LogP contribution >= 0.6 is 23.2 Å². The highest BCUT2D eigenvalue weighted by Crippen LogP contribution is 2.23. The molecule has 2 atom stereocenters. The number of carbonyl (C=O) groups excluding carboxylic acids is 2. The van der Waals surface area contributed by atoms with E-state index < -0.39 is 24.0 Å². The van der Waals surface area contributed by atoms with Crippen molar-refractivity contribution < 1.29 is 14.7 Å². The predicted molar refractivity (Wildman–Crippen MR) is 76.0 cm³/mol. The minimum atomic E-state index is -1.54. The van der Waals surface area contributed by atoms with E-state index >= 15 is 0 Å². The summed E-state index contributed by atoms with van der Waals surface area (Å²) in [5.41, 5.74) is 5.28. The first-order valence-corrected chi connectivity index (χ1v) is 6.28. The SMILES string of the molecule is C#CCC(NC(=O)C(O)c1cc(Cl)cc(Cl)c1)C(N)=O. The number of amides is 2. The number of aliphatic hydroxyl groups is 1. The van der Waals surface area contributed by atoms with E-state index in [-0.39, 0.29) is 22.0 Å². The third-order valence-electron chi connectivity index (χ3n) is 2.43. The van der Waals surface area contributed by atoms with Gasteiger partial charge in [-0.25, -0.2) is 0 Å². The highest BCUT2D eigenvalue weighted by molar-refractivity contribution is 6.34. The molecule has 0 aliphatic heterocycles. The summed E-state index contributed by atoms with van der Waals surface area (Å²) in [5, 5.41) is 12.7. The molecule has 1 aromatic rings. The molecular formula is C13H12Cl2N2O3. The van der Waals surface area contributed by atoms with Crippen LogP contribution in [-0.4, -0.2) is 23.0 Å². The van der Waals surface area contributed by atoms with Crippen molar-refractivity contribution in [2.24, 2.45) is 5.73 Å². The zero-order valence-electron chi connectivity index (χ0n) is 10.3. The molecule has 0 bridgehead atoms. The van der Waals surface area contributed by atoms with Crippen molar-refractivity contribution in [3.05, 3.63) is 33.8 Å². The quantitative estimate of drug-likeness (QED) is 0.708. The molecule has 0 spiro atoms. The second-order valence-corrected chi connectivity index (χ2v) is 4.85. The fourth-order valence-corrected chi connectivity index (χ4v) is 2.02. The Labute approximate surface area is 126 Å². The van der Waals surface area contributed by atoms with Crippen molar-refractivity contribution in [3.8, 4) is 12.3 Å². The molecule has 0 radical (unpaired) electrons. The van der Waals surface area contributed by atoms with Gasteiger partial charge in [-0.05, 0) is 23.8 Å². The zero-order chi connectivity index (χ0) is 15.3. The molecule has 0 saturated heterocycles. The third-order valence-corrected chi connectivity index (χ3v) is 2.87. The maximum absolute atomic E-state index is 11.8. The summed E-state index contributed by atoms with van der Waals surface area (Å²) < 4.78 is 0. The summed E-state index contributed by atoms with van der Waals surface area (Å²) in [7, 11) is 0. The molecule has 0 saturated carbocycles. The van der Waals surface area contributed by atoms with Gasteiger partial charge in [-0.1, -0.05) is 23.2 Å². The summed E-state index contributed by atoms with van der Waals surface area (Å²) in [4.78, 5) is 22.9. The van der Waals surface area contributed by atoms with Gasteiger partial charge in [0, 0.05) is 16.5 Å². The molecule has 106 valence electrons. The molecule has 2 amide bonds. The zero-order valence-corrected chi connectivity index (χ0v) is 11.8. The summed E-state index contributed by atoms with van der Waals surface area (Å²) in [5.74, 6) is 0.610. The Balaban J connectivity index is 2.86. The van der Waals surface area contributed by atoms with Crippen molar-refractivity contribution >= 4 is 35.0 Å². The van der Waals surface area contributed by atoms with Gasteiger partial charge in [0.1, 0.15) is 6.04 Å². The number of benzene rings is 1. The molecule has 20 heavy (non-hydrogen) atoms. The number of primary amides is 1. The molecule has 4 N–H and O–H groups in total. The lowest BCUT2D eigenvalue weighted by Crippen LogP contribution is -2.45. The molecule has 7 heteroatoms. The number of terminal acetylenes is 1. The minimum Gasteiger partial charge on any atom is -0.378 e. The van der Waals surface area contributed by atoms with Gasteiger partial charge in [0.2, 0.25) is 5.91 Å². The summed E-state index contributed by atoms with van der Waals surface area (Å²) in [6, 6.07) is 3.19. The van der Waals surface area contributed by atoms with E-state index in [1.54, 1.807) is 0 Å². The Kier molecular flexibility index (Phi) is 5.83. The van der Waals surface area contributed by atoms with Crippen molar-refractivity contribution in [2.45, 2.75) is 18.6 Å². The van der Waals surface area contributed by atoms with Crippen LogP contribution in [0.15, 0.2) is 18.2 Å². The van der Waals surface area contributed by atoms with Crippen LogP contribution in [0.2, 0.25) is 10.0 Å². The van der Waals surface area contributed by atoms with Gasteiger partial charge >= 0.3 is 0 Å². The fraction of sp³-hybridized carbons (Fsp3) is 0.231. The van der Waals surface area contributed by atoms with Crippen LogP contribution in [0.5, 0.6) is 0 Å². The second kappa shape index (κ2) is 7.15. The first-order valence-electron chi connectivity index (χ1n) is 5.52. The normalized spacial score (nSPS) is 13.1. The monoisotopic (exact) mass is 314 g/mol. The number of hydrogen-bond acceptors (Lipinski definition) is 3. The van der Waals surface area contributed by atoms with Crippen LogP contribution in [0.1, 0.15) is 18.1 Å². The Hall–Kier alpha value is -1.74. The van der Waals surface area contributed by atoms with E-state index in [1.165, 1.54) is 18.2 Å². The smallest absolute Gasteiger partial charge is 0.254 e. The molecule has 0 aliphatic rings. The van der Waals surface area contributed by atoms with Gasteiger partial charge in [-0.15, -0.1) is 12.3 Å². The molecule has 2 unspecified atom stereocenters. The Morgan fingerprint density at radius 1 is 1.35 bits per heavy atom. The first-order chi connectivity index (χ1) is 9.35. The molecule has 1 aromatic carbocycles. The third kappa shape index (κ3) is 4.42. The van der Waals surface area contributed by atoms with Gasteiger partial charge in [0.15, 0.2) is 6.10 Å². The van der Waals surface area contributed by atoms with E-state index in [0.29, 0.717) is 0 Å². The second-order valence-electron chi connectivity index (χ2n) is 3.98. The van der Waals surface area contributed by atoms with Gasteiger partial charge in [0.25, 0.3) is 5.91 Å². The maximum Gasteiger partial charge on any atom is 0.254 e.